The Balaban J connectivity index is 1.56. The van der Waals surface area contributed by atoms with Crippen molar-refractivity contribution in [3.05, 3.63) is 24.3 Å². The first kappa shape index (κ1) is 14.3. The van der Waals surface area contributed by atoms with Gasteiger partial charge in [0.05, 0.1) is 16.0 Å². The number of carboxylic acids is 1. The summed E-state index contributed by atoms with van der Waals surface area (Å²) in [5.74, 6) is -0.913. The molecule has 1 aliphatic carbocycles. The number of carbonyl (C=O) groups excluding carboxylic acids is 1. The molecule has 1 heterocycles. The fraction of sp³-hybridized carbons (Fsp3) is 0.357. The highest BCUT2D eigenvalue weighted by molar-refractivity contribution is 8.01. The van der Waals surface area contributed by atoms with Crippen molar-refractivity contribution in [3.8, 4) is 0 Å². The minimum Gasteiger partial charge on any atom is -0.480 e. The van der Waals surface area contributed by atoms with Crippen molar-refractivity contribution in [2.75, 3.05) is 5.75 Å². The van der Waals surface area contributed by atoms with E-state index in [1.165, 1.54) is 23.1 Å². The quantitative estimate of drug-likeness (QED) is 0.798. The monoisotopic (exact) mass is 322 g/mol. The Bertz CT molecular complexity index is 649. The lowest BCUT2D eigenvalue weighted by Gasteiger charge is -2.12. The Kier molecular flexibility index (Phi) is 4.12. The summed E-state index contributed by atoms with van der Waals surface area (Å²) in [6.45, 7) is 0. The van der Waals surface area contributed by atoms with Crippen molar-refractivity contribution in [1.82, 2.24) is 10.3 Å². The van der Waals surface area contributed by atoms with Crippen molar-refractivity contribution in [2.45, 2.75) is 23.2 Å². The SMILES string of the molecule is O=C(CSc1nc2ccccc2s1)NC(C(=O)O)C1CC1. The van der Waals surface area contributed by atoms with Gasteiger partial charge in [-0.05, 0) is 30.9 Å². The maximum absolute atomic E-state index is 11.9. The number of benzene rings is 1. The standard InChI is InChI=1S/C14H14N2O3S2/c17-11(16-12(13(18)19)8-5-6-8)7-20-14-15-9-3-1-2-4-10(9)21-14/h1-4,8,12H,5-7H2,(H,16,17)(H,18,19). The first-order chi connectivity index (χ1) is 10.1. The molecule has 2 aromatic rings. The smallest absolute Gasteiger partial charge is 0.326 e. The molecule has 7 heteroatoms. The minimum atomic E-state index is -0.948. The molecule has 2 N–H and O–H groups in total. The molecule has 0 saturated heterocycles. The van der Waals surface area contributed by atoms with Crippen molar-refractivity contribution < 1.29 is 14.7 Å². The molecular formula is C14H14N2O3S2. The second-order valence-corrected chi connectivity index (χ2v) is 7.21. The number of nitrogens with one attached hydrogen (secondary N) is 1. The molecular weight excluding hydrogens is 308 g/mol. The van der Waals surface area contributed by atoms with Gasteiger partial charge in [0.25, 0.3) is 0 Å². The highest BCUT2D eigenvalue weighted by Crippen LogP contribution is 2.33. The molecule has 1 unspecified atom stereocenters. The predicted octanol–water partition coefficient (Wildman–Crippen LogP) is 2.37. The zero-order valence-electron chi connectivity index (χ0n) is 11.1. The van der Waals surface area contributed by atoms with E-state index in [4.69, 9.17) is 5.11 Å². The highest BCUT2D eigenvalue weighted by atomic mass is 32.2. The molecule has 1 saturated carbocycles. The Labute approximate surface area is 129 Å². The van der Waals surface area contributed by atoms with Gasteiger partial charge in [-0.1, -0.05) is 23.9 Å². The topological polar surface area (TPSA) is 79.3 Å². The fourth-order valence-corrected chi connectivity index (χ4v) is 3.95. The lowest BCUT2D eigenvalue weighted by atomic mass is 10.2. The summed E-state index contributed by atoms with van der Waals surface area (Å²) < 4.78 is 1.91. The summed E-state index contributed by atoms with van der Waals surface area (Å²) in [4.78, 5) is 27.4. The van der Waals surface area contributed by atoms with E-state index in [2.05, 4.69) is 10.3 Å². The van der Waals surface area contributed by atoms with Gasteiger partial charge in [0.2, 0.25) is 5.91 Å². The van der Waals surface area contributed by atoms with Crippen molar-refractivity contribution >= 4 is 45.2 Å². The summed E-state index contributed by atoms with van der Waals surface area (Å²) in [6, 6.07) is 7.06. The summed E-state index contributed by atoms with van der Waals surface area (Å²) >= 11 is 2.88. The van der Waals surface area contributed by atoms with Crippen LogP contribution in [0.2, 0.25) is 0 Å². The predicted molar refractivity (Wildman–Crippen MR) is 82.6 cm³/mol. The minimum absolute atomic E-state index is 0.0962. The van der Waals surface area contributed by atoms with Crippen LogP contribution in [-0.2, 0) is 9.59 Å². The number of carboxylic acid groups (broad SMARTS) is 1. The van der Waals surface area contributed by atoms with E-state index in [9.17, 15) is 9.59 Å². The number of rotatable bonds is 6. The lowest BCUT2D eigenvalue weighted by molar-refractivity contribution is -0.142. The van der Waals surface area contributed by atoms with E-state index in [0.29, 0.717) is 0 Å². The third-order valence-electron chi connectivity index (χ3n) is 3.28. The number of hydrogen-bond acceptors (Lipinski definition) is 5. The van der Waals surface area contributed by atoms with Crippen LogP contribution < -0.4 is 5.32 Å². The molecule has 1 atom stereocenters. The van der Waals surface area contributed by atoms with Crippen LogP contribution in [0, 0.1) is 5.92 Å². The van der Waals surface area contributed by atoms with E-state index >= 15 is 0 Å². The van der Waals surface area contributed by atoms with E-state index in [1.807, 2.05) is 24.3 Å². The van der Waals surface area contributed by atoms with Crippen LogP contribution >= 0.6 is 23.1 Å². The van der Waals surface area contributed by atoms with Gasteiger partial charge in [-0.15, -0.1) is 11.3 Å². The number of fused-ring (bicyclic) bond motifs is 1. The molecule has 1 aromatic heterocycles. The van der Waals surface area contributed by atoms with Gasteiger partial charge in [-0.25, -0.2) is 9.78 Å². The second-order valence-electron chi connectivity index (χ2n) is 4.96. The second kappa shape index (κ2) is 6.03. The first-order valence-electron chi connectivity index (χ1n) is 6.64. The fourth-order valence-electron chi connectivity index (χ4n) is 2.07. The van der Waals surface area contributed by atoms with Crippen LogP contribution in [-0.4, -0.2) is 33.8 Å². The van der Waals surface area contributed by atoms with Crippen LogP contribution in [0.25, 0.3) is 10.2 Å². The number of nitrogens with zero attached hydrogens (tertiary/aromatic N) is 1. The Morgan fingerprint density at radius 2 is 2.19 bits per heavy atom. The van der Waals surface area contributed by atoms with E-state index in [0.717, 1.165) is 27.4 Å². The summed E-state index contributed by atoms with van der Waals surface area (Å²) in [5, 5.41) is 11.7. The summed E-state index contributed by atoms with van der Waals surface area (Å²) in [5.41, 5.74) is 0.923. The molecule has 1 fully saturated rings. The van der Waals surface area contributed by atoms with Crippen LogP contribution in [0.4, 0.5) is 0 Å². The molecule has 5 nitrogen and oxygen atoms in total. The van der Waals surface area contributed by atoms with E-state index < -0.39 is 12.0 Å². The van der Waals surface area contributed by atoms with Gasteiger partial charge in [0, 0.05) is 0 Å². The zero-order valence-corrected chi connectivity index (χ0v) is 12.7. The number of hydrogen-bond donors (Lipinski definition) is 2. The van der Waals surface area contributed by atoms with Crippen LogP contribution in [0.1, 0.15) is 12.8 Å². The van der Waals surface area contributed by atoms with E-state index in [1.54, 1.807) is 0 Å². The van der Waals surface area contributed by atoms with Crippen molar-refractivity contribution in [2.24, 2.45) is 5.92 Å². The van der Waals surface area contributed by atoms with Gasteiger partial charge in [0.15, 0.2) is 4.34 Å². The molecule has 0 aliphatic heterocycles. The molecule has 3 rings (SSSR count). The average Bonchev–Trinajstić information content (AvgIpc) is 3.20. The van der Waals surface area contributed by atoms with Gasteiger partial charge in [0.1, 0.15) is 6.04 Å². The Morgan fingerprint density at radius 1 is 1.43 bits per heavy atom. The average molecular weight is 322 g/mol. The number of para-hydroxylation sites is 1. The largest absolute Gasteiger partial charge is 0.480 e. The molecule has 1 aromatic carbocycles. The number of aromatic nitrogens is 1. The van der Waals surface area contributed by atoms with Crippen LogP contribution in [0.3, 0.4) is 0 Å². The maximum atomic E-state index is 11.9. The zero-order chi connectivity index (χ0) is 14.8. The third kappa shape index (κ3) is 3.54. The summed E-state index contributed by atoms with van der Waals surface area (Å²) in [7, 11) is 0. The number of thiazole rings is 1. The number of aliphatic carboxylic acids is 1. The lowest BCUT2D eigenvalue weighted by Crippen LogP contribution is -2.43. The highest BCUT2D eigenvalue weighted by Gasteiger charge is 2.37. The van der Waals surface area contributed by atoms with Gasteiger partial charge < -0.3 is 10.4 Å². The molecule has 110 valence electrons. The molecule has 0 radical (unpaired) electrons. The van der Waals surface area contributed by atoms with Crippen LogP contribution in [0.5, 0.6) is 0 Å². The first-order valence-corrected chi connectivity index (χ1v) is 8.44. The van der Waals surface area contributed by atoms with E-state index in [-0.39, 0.29) is 17.6 Å². The van der Waals surface area contributed by atoms with Crippen LogP contribution in [0.15, 0.2) is 28.6 Å². The molecule has 1 aliphatic rings. The Morgan fingerprint density at radius 3 is 2.86 bits per heavy atom. The normalized spacial score (nSPS) is 15.8. The summed E-state index contributed by atoms with van der Waals surface area (Å²) in [6.07, 6.45) is 1.75. The maximum Gasteiger partial charge on any atom is 0.326 e. The third-order valence-corrected chi connectivity index (χ3v) is 5.46. The molecule has 0 spiro atoms. The molecule has 0 bridgehead atoms. The van der Waals surface area contributed by atoms with Gasteiger partial charge in [-0.2, -0.15) is 0 Å². The van der Waals surface area contributed by atoms with Crippen molar-refractivity contribution in [3.63, 3.8) is 0 Å². The molecule has 21 heavy (non-hydrogen) atoms. The number of carbonyl (C=O) groups is 2. The molecule has 1 amide bonds. The van der Waals surface area contributed by atoms with Gasteiger partial charge in [-0.3, -0.25) is 4.79 Å². The van der Waals surface area contributed by atoms with Crippen molar-refractivity contribution in [1.29, 1.82) is 0 Å². The number of amides is 1. The van der Waals surface area contributed by atoms with Gasteiger partial charge >= 0.3 is 5.97 Å². The Hall–Kier alpha value is -1.60. The number of thioether (sulfide) groups is 1.